The van der Waals surface area contributed by atoms with E-state index >= 15 is 0 Å². The molecule has 326 valence electrons. The van der Waals surface area contributed by atoms with Crippen molar-refractivity contribution in [3.05, 3.63) is 143 Å². The van der Waals surface area contributed by atoms with Crippen molar-refractivity contribution in [3.8, 4) is 11.5 Å². The number of allylic oxidation sites excluding steroid dienone is 5. The van der Waals surface area contributed by atoms with Crippen molar-refractivity contribution in [2.75, 3.05) is 10.2 Å². The summed E-state index contributed by atoms with van der Waals surface area (Å²) in [6, 6.07) is 34.1. The minimum atomic E-state index is -0.436. The van der Waals surface area contributed by atoms with Crippen molar-refractivity contribution in [2.45, 2.75) is 126 Å². The summed E-state index contributed by atoms with van der Waals surface area (Å²) in [5.74, 6) is 0.266. The maximum atomic E-state index is 12.4. The van der Waals surface area contributed by atoms with E-state index in [1.165, 1.54) is 10.9 Å². The maximum Gasteiger partial charge on any atom is 0.143 e. The number of benzene rings is 5. The number of rotatable bonds is 8. The Morgan fingerprint density at radius 1 is 0.645 bits per heavy atom. The molecule has 5 nitrogen and oxygen atoms in total. The summed E-state index contributed by atoms with van der Waals surface area (Å²) >= 11 is 0. The van der Waals surface area contributed by atoms with E-state index < -0.39 is 5.41 Å². The second-order valence-corrected chi connectivity index (χ2v) is 20.4. The van der Waals surface area contributed by atoms with Crippen LogP contribution in [0.2, 0.25) is 0 Å². The standard InChI is InChI=1S/C55H65N3O2.2W/c1-17-34(3)49(35(4)18-2)58-45-29-24-37(53(8,9)10)30-42(45)41-28-25-38(32-47(41)58)56-39-31-44(55(14,15)16)51(60)48(33-39)57(40-26-22-36(23-27-40)52(5,6)7)46-21-19-20-43(50(46)59)54(11,12)13;;/h17-25,28-33,56,59-60H,1H2,2-16H3;;/q-2;;/b35-18-,49-34+;;. The summed E-state index contributed by atoms with van der Waals surface area (Å²) in [6.45, 7) is 36.3. The van der Waals surface area contributed by atoms with E-state index in [1.54, 1.807) is 0 Å². The molecule has 0 aliphatic rings. The first-order valence-electron chi connectivity index (χ1n) is 21.1. The van der Waals surface area contributed by atoms with Crippen LogP contribution in [0, 0.1) is 12.1 Å². The summed E-state index contributed by atoms with van der Waals surface area (Å²) in [4.78, 5) is 1.88. The van der Waals surface area contributed by atoms with Crippen molar-refractivity contribution in [1.29, 1.82) is 0 Å². The Kier molecular flexibility index (Phi) is 15.0. The van der Waals surface area contributed by atoms with Crippen LogP contribution in [0.3, 0.4) is 0 Å². The smallest absolute Gasteiger partial charge is 0.143 e. The van der Waals surface area contributed by atoms with Crippen molar-refractivity contribution in [3.63, 3.8) is 0 Å². The second kappa shape index (κ2) is 18.4. The Hall–Kier alpha value is -4.30. The molecule has 0 radical (unpaired) electrons. The summed E-state index contributed by atoms with van der Waals surface area (Å²) in [5, 5.41) is 30.5. The molecule has 0 spiro atoms. The Labute approximate surface area is 400 Å². The molecule has 0 bridgehead atoms. The molecular formula is C55H65N3O2W2-2. The quantitative estimate of drug-likeness (QED) is 0.0807. The zero-order valence-corrected chi connectivity index (χ0v) is 45.3. The van der Waals surface area contributed by atoms with E-state index in [9.17, 15) is 10.2 Å². The van der Waals surface area contributed by atoms with Crippen LogP contribution in [-0.4, -0.2) is 14.8 Å². The number of aromatic hydroxyl groups is 2. The molecule has 0 fully saturated rings. The fraction of sp³-hybridized carbons (Fsp3) is 0.345. The third-order valence-corrected chi connectivity index (χ3v) is 11.7. The van der Waals surface area contributed by atoms with Gasteiger partial charge in [-0.3, -0.25) is 17.7 Å². The molecule has 62 heavy (non-hydrogen) atoms. The van der Waals surface area contributed by atoms with Crippen LogP contribution in [0.25, 0.3) is 27.5 Å². The molecule has 0 saturated carbocycles. The van der Waals surface area contributed by atoms with Crippen molar-refractivity contribution in [2.24, 2.45) is 0 Å². The Morgan fingerprint density at radius 3 is 1.79 bits per heavy atom. The van der Waals surface area contributed by atoms with Gasteiger partial charge in [-0.25, -0.2) is 0 Å². The van der Waals surface area contributed by atoms with Gasteiger partial charge in [0, 0.05) is 75.4 Å². The number of nitrogens with one attached hydrogen (secondary N) is 1. The average molecular weight is 1170 g/mol. The third kappa shape index (κ3) is 9.91. The molecule has 5 aromatic carbocycles. The molecule has 0 aliphatic carbocycles. The van der Waals surface area contributed by atoms with E-state index in [0.29, 0.717) is 17.1 Å². The van der Waals surface area contributed by atoms with E-state index in [-0.39, 0.29) is 69.9 Å². The minimum absolute atomic E-state index is 0. The number of nitrogens with zero attached hydrogens (tertiary/aromatic N) is 2. The normalized spacial score (nSPS) is 13.0. The molecule has 6 aromatic rings. The number of phenolic OH excluding ortho intramolecular Hbond substituents is 2. The van der Waals surface area contributed by atoms with Crippen molar-refractivity contribution < 1.29 is 52.3 Å². The van der Waals surface area contributed by atoms with Gasteiger partial charge in [-0.1, -0.05) is 126 Å². The van der Waals surface area contributed by atoms with E-state index in [4.69, 9.17) is 0 Å². The predicted octanol–water partition coefficient (Wildman–Crippen LogP) is 15.6. The van der Waals surface area contributed by atoms with Gasteiger partial charge in [0.1, 0.15) is 11.5 Å². The first-order chi connectivity index (χ1) is 27.9. The fourth-order valence-corrected chi connectivity index (χ4v) is 7.93. The van der Waals surface area contributed by atoms with Gasteiger partial charge in [0.2, 0.25) is 0 Å². The molecule has 1 heterocycles. The molecule has 7 heteroatoms. The maximum absolute atomic E-state index is 12.4. The van der Waals surface area contributed by atoms with Crippen LogP contribution in [0.5, 0.6) is 11.5 Å². The number of hydrogen-bond donors (Lipinski definition) is 3. The summed E-state index contributed by atoms with van der Waals surface area (Å²) in [5.41, 5.74) is 11.9. The zero-order valence-electron chi connectivity index (χ0n) is 39.5. The number of fused-ring (bicyclic) bond motifs is 3. The van der Waals surface area contributed by atoms with E-state index in [0.717, 1.165) is 61.3 Å². The zero-order chi connectivity index (χ0) is 44.3. The van der Waals surface area contributed by atoms with Gasteiger partial charge in [-0.05, 0) is 96.2 Å². The third-order valence-electron chi connectivity index (χ3n) is 11.7. The molecule has 0 amide bonds. The number of para-hydroxylation sites is 1. The van der Waals surface area contributed by atoms with Gasteiger partial charge >= 0.3 is 0 Å². The van der Waals surface area contributed by atoms with Gasteiger partial charge in [0.05, 0.1) is 28.1 Å². The van der Waals surface area contributed by atoms with Gasteiger partial charge in [0.15, 0.2) is 0 Å². The molecule has 6 rings (SSSR count). The molecule has 0 saturated heterocycles. The van der Waals surface area contributed by atoms with Crippen molar-refractivity contribution in [1.82, 2.24) is 4.57 Å². The molecule has 0 aliphatic heterocycles. The fourth-order valence-electron chi connectivity index (χ4n) is 7.93. The topological polar surface area (TPSA) is 60.7 Å². The average Bonchev–Trinajstić information content (AvgIpc) is 3.47. The first-order valence-corrected chi connectivity index (χ1v) is 21.1. The molecule has 3 N–H and O–H groups in total. The van der Waals surface area contributed by atoms with Crippen LogP contribution in [0.4, 0.5) is 28.4 Å². The summed E-state index contributed by atoms with van der Waals surface area (Å²) < 4.78 is 2.37. The molecule has 1 aromatic heterocycles. The van der Waals surface area contributed by atoms with Gasteiger partial charge in [-0.2, -0.15) is 5.69 Å². The number of hydrogen-bond acceptors (Lipinski definition) is 4. The Bertz CT molecular complexity index is 2670. The van der Waals surface area contributed by atoms with Crippen LogP contribution in [0.15, 0.2) is 109 Å². The van der Waals surface area contributed by atoms with Gasteiger partial charge in [0.25, 0.3) is 0 Å². The van der Waals surface area contributed by atoms with E-state index in [2.05, 4.69) is 175 Å². The largest absolute Gasteiger partial charge is 0.505 e. The number of aromatic nitrogens is 1. The van der Waals surface area contributed by atoms with Crippen LogP contribution in [0.1, 0.15) is 126 Å². The van der Waals surface area contributed by atoms with E-state index in [1.807, 2.05) is 53.4 Å². The summed E-state index contributed by atoms with van der Waals surface area (Å²) in [7, 11) is 0. The number of phenols is 2. The Balaban J connectivity index is 0.00000422. The molecular weight excluding hydrogens is 1100 g/mol. The minimum Gasteiger partial charge on any atom is -0.505 e. The van der Waals surface area contributed by atoms with Crippen LogP contribution >= 0.6 is 0 Å². The van der Waals surface area contributed by atoms with Crippen LogP contribution in [-0.2, 0) is 63.8 Å². The molecule has 0 unspecified atom stereocenters. The summed E-state index contributed by atoms with van der Waals surface area (Å²) in [6.07, 6.45) is 4.09. The Morgan fingerprint density at radius 2 is 1.24 bits per heavy atom. The second-order valence-electron chi connectivity index (χ2n) is 20.4. The van der Waals surface area contributed by atoms with Gasteiger partial charge < -0.3 is 37.1 Å². The van der Waals surface area contributed by atoms with Crippen molar-refractivity contribution >= 4 is 55.9 Å². The monoisotopic (exact) mass is 1170 g/mol. The predicted molar refractivity (Wildman–Crippen MR) is 258 cm³/mol. The first kappa shape index (κ1) is 50.3. The van der Waals surface area contributed by atoms with Crippen LogP contribution < -0.4 is 10.2 Å². The van der Waals surface area contributed by atoms with Gasteiger partial charge in [-0.15, -0.1) is 5.41 Å². The molecule has 0 atom stereocenters. The number of anilines is 5. The SMILES string of the molecule is C=C/C(C)=C(\C(C)=C/C)n1c2ccc(C(C)(C)C)cc2c2ccc(Nc3cc(N(c4[c-]cc(C(C)(C)C)c[c-]4)c4cccc(C(C)(C)C)c4O)c(O)c(C(C)(C)C)c3)cc21.[W].[W].